The summed E-state index contributed by atoms with van der Waals surface area (Å²) in [6, 6.07) is 1.39. The first kappa shape index (κ1) is 19.7. The Morgan fingerprint density at radius 3 is 2.56 bits per heavy atom. The minimum Gasteiger partial charge on any atom is -0.504 e. The number of benzene rings is 1. The van der Waals surface area contributed by atoms with Crippen LogP contribution in [-0.4, -0.2) is 71.1 Å². The summed E-state index contributed by atoms with van der Waals surface area (Å²) < 4.78 is 21.7. The number of methoxy groups -OCH3 is 1. The highest BCUT2D eigenvalue weighted by Gasteiger charge is 2.52. The standard InChI is InChI=1S/C18H24O9/c1-7(2)6-25-9-4-8-11(13(21)15(9)24-3)16-17(27-18(8)23)14(22)12(20)10(5-19)26-16/h4,7,10,12,14,16-17,19-22H,5-6H2,1-3H3/t10-,12-,14+,16+,17-/m1/s1. The minimum absolute atomic E-state index is 0.00795. The third-order valence-electron chi connectivity index (χ3n) is 4.65. The van der Waals surface area contributed by atoms with Crippen molar-refractivity contribution in [1.29, 1.82) is 0 Å². The highest BCUT2D eigenvalue weighted by Crippen LogP contribution is 2.50. The molecule has 0 radical (unpaired) electrons. The third-order valence-corrected chi connectivity index (χ3v) is 4.65. The lowest BCUT2D eigenvalue weighted by atomic mass is 9.86. The fraction of sp³-hybridized carbons (Fsp3) is 0.611. The molecule has 2 aliphatic rings. The molecule has 4 N–H and O–H groups in total. The van der Waals surface area contributed by atoms with Crippen molar-refractivity contribution < 1.29 is 44.2 Å². The van der Waals surface area contributed by atoms with E-state index in [4.69, 9.17) is 18.9 Å². The maximum absolute atomic E-state index is 12.5. The van der Waals surface area contributed by atoms with E-state index in [0.29, 0.717) is 6.61 Å². The van der Waals surface area contributed by atoms with E-state index in [0.717, 1.165) is 0 Å². The van der Waals surface area contributed by atoms with Gasteiger partial charge in [0.1, 0.15) is 24.4 Å². The van der Waals surface area contributed by atoms with E-state index >= 15 is 0 Å². The largest absolute Gasteiger partial charge is 0.504 e. The third kappa shape index (κ3) is 3.31. The molecule has 2 aliphatic heterocycles. The van der Waals surface area contributed by atoms with Crippen molar-refractivity contribution in [3.8, 4) is 17.2 Å². The Kier molecular flexibility index (Phi) is 5.48. The highest BCUT2D eigenvalue weighted by atomic mass is 16.6. The molecule has 0 spiro atoms. The van der Waals surface area contributed by atoms with Crippen LogP contribution in [0.3, 0.4) is 0 Å². The molecule has 2 heterocycles. The molecule has 1 aromatic rings. The summed E-state index contributed by atoms with van der Waals surface area (Å²) in [6.45, 7) is 3.67. The number of esters is 1. The number of aromatic hydroxyl groups is 1. The molecule has 1 saturated heterocycles. The molecule has 1 fully saturated rings. The van der Waals surface area contributed by atoms with E-state index in [2.05, 4.69) is 0 Å². The first-order chi connectivity index (χ1) is 12.8. The number of carbonyl (C=O) groups excluding carboxylic acids is 1. The van der Waals surface area contributed by atoms with Gasteiger partial charge in [-0.1, -0.05) is 13.8 Å². The molecule has 150 valence electrons. The monoisotopic (exact) mass is 384 g/mol. The molecule has 0 unspecified atom stereocenters. The van der Waals surface area contributed by atoms with Crippen LogP contribution in [0.2, 0.25) is 0 Å². The smallest absolute Gasteiger partial charge is 0.339 e. The van der Waals surface area contributed by atoms with Crippen molar-refractivity contribution in [1.82, 2.24) is 0 Å². The molecule has 1 aromatic carbocycles. The topological polar surface area (TPSA) is 135 Å². The van der Waals surface area contributed by atoms with Crippen molar-refractivity contribution in [2.75, 3.05) is 20.3 Å². The van der Waals surface area contributed by atoms with E-state index in [1.165, 1.54) is 13.2 Å². The summed E-state index contributed by atoms with van der Waals surface area (Å²) in [7, 11) is 1.35. The molecule has 9 nitrogen and oxygen atoms in total. The molecule has 27 heavy (non-hydrogen) atoms. The number of ether oxygens (including phenoxy) is 4. The quantitative estimate of drug-likeness (QED) is 0.522. The number of hydrogen-bond donors (Lipinski definition) is 4. The summed E-state index contributed by atoms with van der Waals surface area (Å²) in [6.07, 6.45) is -6.35. The van der Waals surface area contributed by atoms with Crippen LogP contribution in [0.1, 0.15) is 35.9 Å². The first-order valence-corrected chi connectivity index (χ1v) is 8.70. The van der Waals surface area contributed by atoms with Gasteiger partial charge in [-0.3, -0.25) is 0 Å². The number of fused-ring (bicyclic) bond motifs is 3. The van der Waals surface area contributed by atoms with Gasteiger partial charge in [0, 0.05) is 5.56 Å². The Labute approximate surface area is 156 Å². The van der Waals surface area contributed by atoms with E-state index in [9.17, 15) is 25.2 Å². The predicted molar refractivity (Wildman–Crippen MR) is 90.9 cm³/mol. The van der Waals surface area contributed by atoms with E-state index in [1.54, 1.807) is 0 Å². The Balaban J connectivity index is 2.09. The molecule has 0 bridgehead atoms. The summed E-state index contributed by atoms with van der Waals surface area (Å²) in [5.41, 5.74) is 0.0722. The van der Waals surface area contributed by atoms with Gasteiger partial charge in [-0.25, -0.2) is 4.79 Å². The summed E-state index contributed by atoms with van der Waals surface area (Å²) in [5.74, 6) is -0.773. The van der Waals surface area contributed by atoms with Gasteiger partial charge in [0.25, 0.3) is 0 Å². The van der Waals surface area contributed by atoms with Crippen LogP contribution in [-0.2, 0) is 9.47 Å². The fourth-order valence-corrected chi connectivity index (χ4v) is 3.30. The van der Waals surface area contributed by atoms with Crippen molar-refractivity contribution in [3.63, 3.8) is 0 Å². The number of phenols is 1. The second kappa shape index (κ2) is 7.51. The van der Waals surface area contributed by atoms with Gasteiger partial charge in [-0.2, -0.15) is 0 Å². The number of rotatable bonds is 5. The second-order valence-electron chi connectivity index (χ2n) is 7.05. The van der Waals surface area contributed by atoms with Crippen molar-refractivity contribution in [2.24, 2.45) is 5.92 Å². The van der Waals surface area contributed by atoms with Crippen molar-refractivity contribution in [2.45, 2.75) is 44.4 Å². The van der Waals surface area contributed by atoms with Gasteiger partial charge in [0.05, 0.1) is 25.9 Å². The molecular formula is C18H24O9. The van der Waals surface area contributed by atoms with Crippen molar-refractivity contribution >= 4 is 5.97 Å². The molecule has 0 amide bonds. The molecule has 0 saturated carbocycles. The lowest BCUT2D eigenvalue weighted by Gasteiger charge is -2.44. The van der Waals surface area contributed by atoms with E-state index in [-0.39, 0.29) is 34.3 Å². The zero-order valence-corrected chi connectivity index (χ0v) is 15.3. The lowest BCUT2D eigenvalue weighted by Crippen LogP contribution is -2.58. The highest BCUT2D eigenvalue weighted by molar-refractivity contribution is 5.95. The van der Waals surface area contributed by atoms with Crippen LogP contribution in [0.4, 0.5) is 0 Å². The number of carbonyl (C=O) groups is 1. The van der Waals surface area contributed by atoms with E-state index in [1.807, 2.05) is 13.8 Å². The zero-order valence-electron chi connectivity index (χ0n) is 15.3. The van der Waals surface area contributed by atoms with Crippen LogP contribution in [0.25, 0.3) is 0 Å². The average Bonchev–Trinajstić information content (AvgIpc) is 2.63. The van der Waals surface area contributed by atoms with Gasteiger partial charge in [-0.15, -0.1) is 0 Å². The average molecular weight is 384 g/mol. The Morgan fingerprint density at radius 1 is 1.26 bits per heavy atom. The van der Waals surface area contributed by atoms with Gasteiger partial charge >= 0.3 is 5.97 Å². The lowest BCUT2D eigenvalue weighted by molar-refractivity contribution is -0.235. The molecule has 9 heteroatoms. The SMILES string of the molecule is COc1c(OCC(C)C)cc2c(c1O)[C@@H]1O[C@H](CO)[C@@H](O)[C@H](O)[C@H]1OC2=O. The van der Waals surface area contributed by atoms with Gasteiger partial charge < -0.3 is 39.4 Å². The fourth-order valence-electron chi connectivity index (χ4n) is 3.30. The molecule has 0 aliphatic carbocycles. The number of hydrogen-bond acceptors (Lipinski definition) is 9. The summed E-state index contributed by atoms with van der Waals surface area (Å²) in [5, 5.41) is 40.4. The maximum atomic E-state index is 12.5. The maximum Gasteiger partial charge on any atom is 0.339 e. The number of phenolic OH excluding ortho intramolecular Hbond substituents is 1. The van der Waals surface area contributed by atoms with E-state index < -0.39 is 43.1 Å². The van der Waals surface area contributed by atoms with Crippen LogP contribution >= 0.6 is 0 Å². The Bertz CT molecular complexity index is 717. The van der Waals surface area contributed by atoms with Crippen LogP contribution in [0.5, 0.6) is 17.2 Å². The van der Waals surface area contributed by atoms with Gasteiger partial charge in [-0.05, 0) is 12.0 Å². The number of aliphatic hydroxyl groups excluding tert-OH is 3. The van der Waals surface area contributed by atoms with Crippen LogP contribution in [0.15, 0.2) is 6.07 Å². The normalized spacial score (nSPS) is 29.7. The van der Waals surface area contributed by atoms with Gasteiger partial charge in [0.2, 0.25) is 5.75 Å². The Hall–Kier alpha value is -2.07. The molecular weight excluding hydrogens is 360 g/mol. The van der Waals surface area contributed by atoms with Crippen LogP contribution < -0.4 is 9.47 Å². The molecule has 5 atom stereocenters. The molecule has 3 rings (SSSR count). The predicted octanol–water partition coefficient (Wildman–Crippen LogP) is 0.129. The van der Waals surface area contributed by atoms with Crippen molar-refractivity contribution in [3.05, 3.63) is 17.2 Å². The minimum atomic E-state index is -1.49. The van der Waals surface area contributed by atoms with Gasteiger partial charge in [0.15, 0.2) is 17.6 Å². The summed E-state index contributed by atoms with van der Waals surface area (Å²) >= 11 is 0. The zero-order chi connectivity index (χ0) is 19.9. The molecule has 0 aromatic heterocycles. The van der Waals surface area contributed by atoms with Crippen LogP contribution in [0, 0.1) is 5.92 Å². The Morgan fingerprint density at radius 2 is 1.96 bits per heavy atom. The second-order valence-corrected chi connectivity index (χ2v) is 7.05. The number of aliphatic hydroxyl groups is 3. The first-order valence-electron chi connectivity index (χ1n) is 8.70. The summed E-state index contributed by atoms with van der Waals surface area (Å²) in [4.78, 5) is 12.5.